The Morgan fingerprint density at radius 3 is 2.74 bits per heavy atom. The quantitative estimate of drug-likeness (QED) is 0.244. The van der Waals surface area contributed by atoms with Gasteiger partial charge in [-0.05, 0) is 57.9 Å². The van der Waals surface area contributed by atoms with Crippen LogP contribution in [-0.2, 0) is 6.61 Å². The molecule has 0 radical (unpaired) electrons. The van der Waals surface area contributed by atoms with E-state index in [1.165, 1.54) is 12.1 Å². The highest BCUT2D eigenvalue weighted by atomic mass is 79.9. The fourth-order valence-electron chi connectivity index (χ4n) is 3.31. The molecule has 0 saturated heterocycles. The van der Waals surface area contributed by atoms with Crippen molar-refractivity contribution < 1.29 is 9.13 Å². The lowest BCUT2D eigenvalue weighted by atomic mass is 10.2. The molecular weight excluding hydrogens is 501 g/mol. The minimum absolute atomic E-state index is 0.227. The Labute approximate surface area is 194 Å². The SMILES string of the molecule is Fc1cccc(COc2ccc(Nc3nc(Br)nc4sc5ccccc5c34)cc2Cl)c1. The van der Waals surface area contributed by atoms with Crippen molar-refractivity contribution in [1.82, 2.24) is 9.97 Å². The molecule has 5 aromatic rings. The van der Waals surface area contributed by atoms with Gasteiger partial charge in [0, 0.05) is 15.8 Å². The number of halogens is 3. The van der Waals surface area contributed by atoms with Crippen LogP contribution in [0.3, 0.4) is 0 Å². The molecule has 1 N–H and O–H groups in total. The van der Waals surface area contributed by atoms with Crippen molar-refractivity contribution in [3.63, 3.8) is 0 Å². The molecule has 2 heterocycles. The van der Waals surface area contributed by atoms with Gasteiger partial charge < -0.3 is 10.1 Å². The van der Waals surface area contributed by atoms with Crippen LogP contribution < -0.4 is 10.1 Å². The minimum atomic E-state index is -0.296. The van der Waals surface area contributed by atoms with Crippen LogP contribution >= 0.6 is 38.9 Å². The maximum atomic E-state index is 13.3. The van der Waals surface area contributed by atoms with Gasteiger partial charge in [0.05, 0.1) is 10.4 Å². The number of nitrogens with zero attached hydrogens (tertiary/aromatic N) is 2. The van der Waals surface area contributed by atoms with Crippen LogP contribution in [0, 0.1) is 5.82 Å². The summed E-state index contributed by atoms with van der Waals surface area (Å²) in [5.74, 6) is 0.917. The Bertz CT molecular complexity index is 1430. The average molecular weight is 515 g/mol. The van der Waals surface area contributed by atoms with E-state index in [1.54, 1.807) is 35.6 Å². The molecule has 154 valence electrons. The van der Waals surface area contributed by atoms with E-state index in [0.717, 1.165) is 31.6 Å². The first-order valence-electron chi connectivity index (χ1n) is 9.35. The first-order chi connectivity index (χ1) is 15.1. The molecule has 4 nitrogen and oxygen atoms in total. The predicted molar refractivity (Wildman–Crippen MR) is 128 cm³/mol. The number of hydrogen-bond acceptors (Lipinski definition) is 5. The fraction of sp³-hybridized carbons (Fsp3) is 0.0435. The molecule has 0 saturated carbocycles. The molecule has 8 heteroatoms. The normalized spacial score (nSPS) is 11.2. The lowest BCUT2D eigenvalue weighted by Gasteiger charge is -2.12. The number of hydrogen-bond donors (Lipinski definition) is 1. The minimum Gasteiger partial charge on any atom is -0.487 e. The standard InChI is InChI=1S/C23H14BrClFN3OS/c24-23-28-21(20-16-6-1-2-7-19(16)31-22(20)29-23)27-15-8-9-18(17(25)11-15)30-12-13-4-3-5-14(26)10-13/h1-11H,12H2,(H,27,28,29). The lowest BCUT2D eigenvalue weighted by Crippen LogP contribution is -1.99. The number of benzene rings is 3. The van der Waals surface area contributed by atoms with Gasteiger partial charge in [0.1, 0.15) is 28.8 Å². The van der Waals surface area contributed by atoms with Gasteiger partial charge in [0.25, 0.3) is 0 Å². The third-order valence-electron chi connectivity index (χ3n) is 4.69. The predicted octanol–water partition coefficient (Wildman–Crippen LogP) is 7.72. The zero-order valence-corrected chi connectivity index (χ0v) is 19.1. The van der Waals surface area contributed by atoms with Gasteiger partial charge in [0.2, 0.25) is 0 Å². The highest BCUT2D eigenvalue weighted by molar-refractivity contribution is 9.10. The molecule has 0 atom stereocenters. The summed E-state index contributed by atoms with van der Waals surface area (Å²) in [7, 11) is 0. The Morgan fingerprint density at radius 1 is 1.03 bits per heavy atom. The molecule has 0 fully saturated rings. The van der Waals surface area contributed by atoms with E-state index in [4.69, 9.17) is 16.3 Å². The van der Waals surface area contributed by atoms with Crippen LogP contribution in [-0.4, -0.2) is 9.97 Å². The molecule has 0 aliphatic carbocycles. The largest absolute Gasteiger partial charge is 0.487 e. The third-order valence-corrected chi connectivity index (χ3v) is 6.40. The summed E-state index contributed by atoms with van der Waals surface area (Å²) in [4.78, 5) is 9.96. The number of aromatic nitrogens is 2. The topological polar surface area (TPSA) is 47.0 Å². The van der Waals surface area contributed by atoms with Crippen molar-refractivity contribution in [2.45, 2.75) is 6.61 Å². The molecule has 0 aliphatic rings. The van der Waals surface area contributed by atoms with Crippen LogP contribution in [0.4, 0.5) is 15.9 Å². The summed E-state index contributed by atoms with van der Waals surface area (Å²) in [6.07, 6.45) is 0. The Morgan fingerprint density at radius 2 is 1.90 bits per heavy atom. The van der Waals surface area contributed by atoms with Gasteiger partial charge in [-0.25, -0.2) is 14.4 Å². The van der Waals surface area contributed by atoms with Crippen molar-refractivity contribution in [2.75, 3.05) is 5.32 Å². The number of thiophene rings is 1. The zero-order chi connectivity index (χ0) is 21.4. The molecule has 2 aromatic heterocycles. The van der Waals surface area contributed by atoms with E-state index < -0.39 is 0 Å². The fourth-order valence-corrected chi connectivity index (χ4v) is 5.09. The van der Waals surface area contributed by atoms with Crippen LogP contribution in [0.25, 0.3) is 20.3 Å². The number of ether oxygens (including phenoxy) is 1. The van der Waals surface area contributed by atoms with Crippen LogP contribution in [0.5, 0.6) is 5.75 Å². The van der Waals surface area contributed by atoms with E-state index in [9.17, 15) is 4.39 Å². The first kappa shape index (κ1) is 20.2. The van der Waals surface area contributed by atoms with Crippen LogP contribution in [0.1, 0.15) is 5.56 Å². The summed E-state index contributed by atoms with van der Waals surface area (Å²) in [5.41, 5.74) is 1.50. The summed E-state index contributed by atoms with van der Waals surface area (Å²) in [6, 6.07) is 19.9. The molecule has 0 amide bonds. The molecule has 31 heavy (non-hydrogen) atoms. The van der Waals surface area contributed by atoms with Crippen LogP contribution in [0.2, 0.25) is 5.02 Å². The molecule has 0 spiro atoms. The number of rotatable bonds is 5. The van der Waals surface area contributed by atoms with Gasteiger partial charge in [-0.3, -0.25) is 0 Å². The lowest BCUT2D eigenvalue weighted by molar-refractivity contribution is 0.306. The van der Waals surface area contributed by atoms with Crippen molar-refractivity contribution in [2.24, 2.45) is 0 Å². The van der Waals surface area contributed by atoms with E-state index in [0.29, 0.717) is 21.3 Å². The first-order valence-corrected chi connectivity index (χ1v) is 11.3. The second-order valence-corrected chi connectivity index (χ2v) is 8.96. The summed E-state index contributed by atoms with van der Waals surface area (Å²) >= 11 is 11.5. The van der Waals surface area contributed by atoms with Crippen LogP contribution in [0.15, 0.2) is 71.5 Å². The highest BCUT2D eigenvalue weighted by Crippen LogP contribution is 2.38. The van der Waals surface area contributed by atoms with E-state index in [2.05, 4.69) is 43.3 Å². The number of anilines is 2. The Kier molecular flexibility index (Phi) is 5.48. The molecule has 3 aromatic carbocycles. The molecule has 0 bridgehead atoms. The van der Waals surface area contributed by atoms with Gasteiger partial charge in [0.15, 0.2) is 4.73 Å². The van der Waals surface area contributed by atoms with E-state index in [-0.39, 0.29) is 12.4 Å². The maximum Gasteiger partial charge on any atom is 0.199 e. The van der Waals surface area contributed by atoms with E-state index >= 15 is 0 Å². The van der Waals surface area contributed by atoms with Crippen molar-refractivity contribution >= 4 is 70.7 Å². The van der Waals surface area contributed by atoms with E-state index in [1.807, 2.05) is 18.2 Å². The van der Waals surface area contributed by atoms with Crippen molar-refractivity contribution in [3.05, 3.63) is 87.9 Å². The molecular formula is C23H14BrClFN3OS. The zero-order valence-electron chi connectivity index (χ0n) is 15.9. The number of nitrogens with one attached hydrogen (secondary N) is 1. The second-order valence-electron chi connectivity index (χ2n) is 6.81. The summed E-state index contributed by atoms with van der Waals surface area (Å²) < 4.78 is 20.8. The monoisotopic (exact) mass is 513 g/mol. The van der Waals surface area contributed by atoms with Crippen molar-refractivity contribution in [3.8, 4) is 5.75 Å². The van der Waals surface area contributed by atoms with Gasteiger partial charge in [-0.1, -0.05) is 41.9 Å². The Hall–Kier alpha value is -2.74. The molecule has 5 rings (SSSR count). The summed E-state index contributed by atoms with van der Waals surface area (Å²) in [5, 5.41) is 5.86. The maximum absolute atomic E-state index is 13.3. The van der Waals surface area contributed by atoms with Gasteiger partial charge >= 0.3 is 0 Å². The second kappa shape index (κ2) is 8.42. The Balaban J connectivity index is 1.43. The third kappa shape index (κ3) is 4.21. The molecule has 0 aliphatic heterocycles. The number of fused-ring (bicyclic) bond motifs is 3. The molecule has 0 unspecified atom stereocenters. The van der Waals surface area contributed by atoms with Gasteiger partial charge in [-0.15, -0.1) is 11.3 Å². The van der Waals surface area contributed by atoms with Gasteiger partial charge in [-0.2, -0.15) is 0 Å². The smallest absolute Gasteiger partial charge is 0.199 e. The van der Waals surface area contributed by atoms with Crippen molar-refractivity contribution in [1.29, 1.82) is 0 Å². The summed E-state index contributed by atoms with van der Waals surface area (Å²) in [6.45, 7) is 0.227. The average Bonchev–Trinajstić information content (AvgIpc) is 3.11. The highest BCUT2D eigenvalue weighted by Gasteiger charge is 2.14.